The van der Waals surface area contributed by atoms with Crippen LogP contribution in [0.2, 0.25) is 0 Å². The minimum Gasteiger partial charge on any atom is -0.381 e. The molecule has 1 N–H and O–H groups in total. The number of nitrogens with one attached hydrogen (secondary N) is 1. The van der Waals surface area contributed by atoms with Crippen LogP contribution in [-0.2, 0) is 9.47 Å². The molecule has 4 heteroatoms. The quantitative estimate of drug-likeness (QED) is 0.863. The molecule has 2 heterocycles. The molecule has 0 radical (unpaired) electrons. The molecule has 2 fully saturated rings. The SMILES string of the molecule is CC1CN(CC2(CNC(C)(C)C)CCCOC2)CCCO1. The second-order valence-corrected chi connectivity index (χ2v) is 8.03. The Hall–Kier alpha value is -0.160. The summed E-state index contributed by atoms with van der Waals surface area (Å²) in [5.74, 6) is 0. The van der Waals surface area contributed by atoms with E-state index in [0.29, 0.717) is 6.10 Å². The first-order chi connectivity index (χ1) is 9.89. The summed E-state index contributed by atoms with van der Waals surface area (Å²) in [7, 11) is 0. The monoisotopic (exact) mass is 298 g/mol. The number of hydrogen-bond donors (Lipinski definition) is 1. The van der Waals surface area contributed by atoms with E-state index < -0.39 is 0 Å². The van der Waals surface area contributed by atoms with Crippen LogP contribution in [0.3, 0.4) is 0 Å². The summed E-state index contributed by atoms with van der Waals surface area (Å²) in [4.78, 5) is 2.59. The van der Waals surface area contributed by atoms with Crippen LogP contribution in [-0.4, -0.2) is 62.5 Å². The van der Waals surface area contributed by atoms with Gasteiger partial charge in [0.25, 0.3) is 0 Å². The van der Waals surface area contributed by atoms with Gasteiger partial charge in [0.15, 0.2) is 0 Å². The molecule has 2 rings (SSSR count). The van der Waals surface area contributed by atoms with Gasteiger partial charge < -0.3 is 14.8 Å². The molecule has 0 amide bonds. The maximum atomic E-state index is 5.85. The predicted molar refractivity (Wildman–Crippen MR) is 86.7 cm³/mol. The highest BCUT2D eigenvalue weighted by atomic mass is 16.5. The van der Waals surface area contributed by atoms with Crippen molar-refractivity contribution in [3.63, 3.8) is 0 Å². The van der Waals surface area contributed by atoms with Crippen molar-refractivity contribution in [3.05, 3.63) is 0 Å². The van der Waals surface area contributed by atoms with E-state index in [2.05, 4.69) is 37.9 Å². The Bertz CT molecular complexity index is 308. The molecule has 0 bridgehead atoms. The summed E-state index contributed by atoms with van der Waals surface area (Å²) in [6.45, 7) is 16.0. The zero-order valence-corrected chi connectivity index (χ0v) is 14.4. The Labute approximate surface area is 130 Å². The van der Waals surface area contributed by atoms with Gasteiger partial charge in [-0.1, -0.05) is 0 Å². The summed E-state index contributed by atoms with van der Waals surface area (Å²) in [5.41, 5.74) is 0.426. The number of nitrogens with zero attached hydrogens (tertiary/aromatic N) is 1. The maximum absolute atomic E-state index is 5.85. The van der Waals surface area contributed by atoms with E-state index in [4.69, 9.17) is 9.47 Å². The fourth-order valence-electron chi connectivity index (χ4n) is 3.38. The second kappa shape index (κ2) is 7.40. The second-order valence-electron chi connectivity index (χ2n) is 8.03. The zero-order chi connectivity index (χ0) is 15.3. The molecule has 2 aliphatic rings. The maximum Gasteiger partial charge on any atom is 0.0673 e. The van der Waals surface area contributed by atoms with Crippen molar-refractivity contribution in [2.24, 2.45) is 5.41 Å². The molecular formula is C17H34N2O2. The average Bonchev–Trinajstić information content (AvgIpc) is 2.61. The van der Waals surface area contributed by atoms with Gasteiger partial charge in [0, 0.05) is 50.3 Å². The van der Waals surface area contributed by atoms with E-state index >= 15 is 0 Å². The molecule has 0 aromatic carbocycles. The van der Waals surface area contributed by atoms with Crippen LogP contribution in [0.1, 0.15) is 47.0 Å². The van der Waals surface area contributed by atoms with Crippen LogP contribution in [0.15, 0.2) is 0 Å². The Kier molecular flexibility index (Phi) is 6.06. The highest BCUT2D eigenvalue weighted by molar-refractivity contribution is 4.90. The highest BCUT2D eigenvalue weighted by Crippen LogP contribution is 2.30. The van der Waals surface area contributed by atoms with Gasteiger partial charge in [-0.15, -0.1) is 0 Å². The van der Waals surface area contributed by atoms with Crippen molar-refractivity contribution in [2.45, 2.75) is 58.6 Å². The Morgan fingerprint density at radius 1 is 1.24 bits per heavy atom. The Morgan fingerprint density at radius 2 is 2.05 bits per heavy atom. The highest BCUT2D eigenvalue weighted by Gasteiger charge is 2.36. The number of hydrogen-bond acceptors (Lipinski definition) is 4. The normalized spacial score (nSPS) is 32.9. The van der Waals surface area contributed by atoms with Crippen LogP contribution < -0.4 is 5.32 Å². The first-order valence-corrected chi connectivity index (χ1v) is 8.55. The third-order valence-electron chi connectivity index (χ3n) is 4.49. The molecule has 4 nitrogen and oxygen atoms in total. The van der Waals surface area contributed by atoms with Crippen LogP contribution in [0.4, 0.5) is 0 Å². The van der Waals surface area contributed by atoms with Crippen molar-refractivity contribution in [1.82, 2.24) is 10.2 Å². The fraction of sp³-hybridized carbons (Fsp3) is 1.00. The lowest BCUT2D eigenvalue weighted by Gasteiger charge is -2.42. The third kappa shape index (κ3) is 5.85. The van der Waals surface area contributed by atoms with Crippen LogP contribution in [0, 0.1) is 5.41 Å². The van der Waals surface area contributed by atoms with Crippen molar-refractivity contribution in [2.75, 3.05) is 46.0 Å². The van der Waals surface area contributed by atoms with E-state index in [0.717, 1.165) is 52.4 Å². The van der Waals surface area contributed by atoms with Crippen LogP contribution in [0.5, 0.6) is 0 Å². The van der Waals surface area contributed by atoms with Gasteiger partial charge in [-0.2, -0.15) is 0 Å². The molecule has 124 valence electrons. The van der Waals surface area contributed by atoms with Crippen molar-refractivity contribution >= 4 is 0 Å². The molecule has 2 saturated heterocycles. The minimum atomic E-state index is 0.166. The van der Waals surface area contributed by atoms with E-state index in [-0.39, 0.29) is 11.0 Å². The summed E-state index contributed by atoms with van der Waals surface area (Å²) in [6, 6.07) is 0. The standard InChI is InChI=1S/C17H34N2O2/c1-15-11-19(8-6-10-21-15)13-17(7-5-9-20-14-17)12-18-16(2,3)4/h15,18H,5-14H2,1-4H3. The number of rotatable bonds is 4. The minimum absolute atomic E-state index is 0.166. The van der Waals surface area contributed by atoms with Gasteiger partial charge in [0.2, 0.25) is 0 Å². The van der Waals surface area contributed by atoms with Gasteiger partial charge in [-0.05, 0) is 47.0 Å². The molecule has 2 aliphatic heterocycles. The third-order valence-corrected chi connectivity index (χ3v) is 4.49. The average molecular weight is 298 g/mol. The molecule has 0 aliphatic carbocycles. The fourth-order valence-corrected chi connectivity index (χ4v) is 3.38. The lowest BCUT2D eigenvalue weighted by Crippen LogP contribution is -2.53. The van der Waals surface area contributed by atoms with Gasteiger partial charge >= 0.3 is 0 Å². The molecule has 0 saturated carbocycles. The molecule has 0 spiro atoms. The zero-order valence-electron chi connectivity index (χ0n) is 14.4. The smallest absolute Gasteiger partial charge is 0.0673 e. The Morgan fingerprint density at radius 3 is 2.71 bits per heavy atom. The van der Waals surface area contributed by atoms with E-state index in [1.165, 1.54) is 12.8 Å². The largest absolute Gasteiger partial charge is 0.381 e. The molecule has 0 aromatic heterocycles. The summed E-state index contributed by atoms with van der Waals surface area (Å²) in [6.07, 6.45) is 3.95. The van der Waals surface area contributed by atoms with E-state index in [1.54, 1.807) is 0 Å². The summed E-state index contributed by atoms with van der Waals surface area (Å²) >= 11 is 0. The molecule has 2 atom stereocenters. The van der Waals surface area contributed by atoms with E-state index in [9.17, 15) is 0 Å². The Balaban J connectivity index is 1.97. The first kappa shape index (κ1) is 17.2. The van der Waals surface area contributed by atoms with Crippen molar-refractivity contribution in [3.8, 4) is 0 Å². The number of ether oxygens (including phenoxy) is 2. The molecule has 2 unspecified atom stereocenters. The summed E-state index contributed by atoms with van der Waals surface area (Å²) in [5, 5.41) is 3.71. The topological polar surface area (TPSA) is 33.7 Å². The van der Waals surface area contributed by atoms with Crippen LogP contribution in [0.25, 0.3) is 0 Å². The first-order valence-electron chi connectivity index (χ1n) is 8.55. The van der Waals surface area contributed by atoms with Crippen LogP contribution >= 0.6 is 0 Å². The van der Waals surface area contributed by atoms with Crippen molar-refractivity contribution in [1.29, 1.82) is 0 Å². The van der Waals surface area contributed by atoms with Gasteiger partial charge in [0.1, 0.15) is 0 Å². The molecular weight excluding hydrogens is 264 g/mol. The molecule has 21 heavy (non-hydrogen) atoms. The molecule has 0 aromatic rings. The van der Waals surface area contributed by atoms with E-state index in [1.807, 2.05) is 0 Å². The lowest BCUT2D eigenvalue weighted by molar-refractivity contribution is -0.0318. The predicted octanol–water partition coefficient (Wildman–Crippen LogP) is 2.28. The van der Waals surface area contributed by atoms with Crippen molar-refractivity contribution < 1.29 is 9.47 Å². The van der Waals surface area contributed by atoms with Gasteiger partial charge in [0.05, 0.1) is 12.7 Å². The van der Waals surface area contributed by atoms with Gasteiger partial charge in [-0.3, -0.25) is 4.90 Å². The summed E-state index contributed by atoms with van der Waals surface area (Å²) < 4.78 is 11.6. The van der Waals surface area contributed by atoms with Gasteiger partial charge in [-0.25, -0.2) is 0 Å². The lowest BCUT2D eigenvalue weighted by atomic mass is 9.81.